The van der Waals surface area contributed by atoms with Crippen molar-refractivity contribution in [1.29, 1.82) is 0 Å². The number of pyridine rings is 1. The van der Waals surface area contributed by atoms with E-state index in [1.807, 2.05) is 37.4 Å². The number of nitrogens with zero attached hydrogens (tertiary/aromatic N) is 2. The van der Waals surface area contributed by atoms with Gasteiger partial charge in [0.2, 0.25) is 0 Å². The molecule has 2 aromatic rings. The molecule has 110 valence electrons. The lowest BCUT2D eigenvalue weighted by Crippen LogP contribution is -2.33. The van der Waals surface area contributed by atoms with Gasteiger partial charge in [-0.2, -0.15) is 0 Å². The van der Waals surface area contributed by atoms with Crippen molar-refractivity contribution in [1.82, 2.24) is 10.3 Å². The molecule has 21 heavy (non-hydrogen) atoms. The number of hydrogen-bond acceptors (Lipinski definition) is 3. The van der Waals surface area contributed by atoms with Crippen LogP contribution in [0.25, 0.3) is 0 Å². The molecule has 1 amide bonds. The van der Waals surface area contributed by atoms with Gasteiger partial charge in [0.1, 0.15) is 5.15 Å². The van der Waals surface area contributed by atoms with Crippen LogP contribution in [-0.4, -0.2) is 31.0 Å². The Hall–Kier alpha value is -1.78. The molecule has 0 radical (unpaired) electrons. The standard InChI is InChI=1S/C15H15Cl2N3O/c1-20(12-5-3-2-4-6-12)8-7-18-15(21)11-9-13(16)14(17)19-10-11/h2-6,9-10H,7-8H2,1H3,(H,18,21). The molecule has 0 spiro atoms. The van der Waals surface area contributed by atoms with E-state index in [9.17, 15) is 4.79 Å². The van der Waals surface area contributed by atoms with Crippen LogP contribution in [0.4, 0.5) is 5.69 Å². The zero-order valence-electron chi connectivity index (χ0n) is 11.5. The van der Waals surface area contributed by atoms with Gasteiger partial charge in [0.05, 0.1) is 10.6 Å². The monoisotopic (exact) mass is 323 g/mol. The highest BCUT2D eigenvalue weighted by molar-refractivity contribution is 6.41. The molecule has 0 fully saturated rings. The summed E-state index contributed by atoms with van der Waals surface area (Å²) in [6.07, 6.45) is 1.41. The van der Waals surface area contributed by atoms with Gasteiger partial charge in [-0.1, -0.05) is 41.4 Å². The number of nitrogens with one attached hydrogen (secondary N) is 1. The molecule has 1 N–H and O–H groups in total. The second kappa shape index (κ2) is 7.29. The Kier molecular flexibility index (Phi) is 5.42. The van der Waals surface area contributed by atoms with Crippen molar-refractivity contribution >= 4 is 34.8 Å². The van der Waals surface area contributed by atoms with Crippen molar-refractivity contribution in [2.45, 2.75) is 0 Å². The minimum Gasteiger partial charge on any atom is -0.373 e. The number of carbonyl (C=O) groups is 1. The van der Waals surface area contributed by atoms with Crippen LogP contribution in [0.2, 0.25) is 10.2 Å². The molecule has 0 saturated heterocycles. The maximum absolute atomic E-state index is 12.0. The first-order chi connectivity index (χ1) is 10.1. The second-order valence-electron chi connectivity index (χ2n) is 4.51. The lowest BCUT2D eigenvalue weighted by atomic mass is 10.2. The van der Waals surface area contributed by atoms with E-state index in [2.05, 4.69) is 15.2 Å². The molecule has 1 heterocycles. The molecule has 0 aliphatic rings. The van der Waals surface area contributed by atoms with Crippen LogP contribution in [0.15, 0.2) is 42.6 Å². The van der Waals surface area contributed by atoms with E-state index in [0.29, 0.717) is 18.7 Å². The molecule has 0 aliphatic carbocycles. The van der Waals surface area contributed by atoms with E-state index < -0.39 is 0 Å². The SMILES string of the molecule is CN(CCNC(=O)c1cnc(Cl)c(Cl)c1)c1ccccc1. The molecular formula is C15H15Cl2N3O. The van der Waals surface area contributed by atoms with E-state index in [1.165, 1.54) is 12.3 Å². The molecule has 0 saturated carbocycles. The minimum absolute atomic E-state index is 0.192. The highest BCUT2D eigenvalue weighted by atomic mass is 35.5. The summed E-state index contributed by atoms with van der Waals surface area (Å²) in [4.78, 5) is 17.9. The number of aromatic nitrogens is 1. The molecule has 1 aromatic heterocycles. The zero-order valence-corrected chi connectivity index (χ0v) is 13.0. The van der Waals surface area contributed by atoms with Gasteiger partial charge in [0.15, 0.2) is 0 Å². The Morgan fingerprint density at radius 3 is 2.67 bits per heavy atom. The van der Waals surface area contributed by atoms with Crippen LogP contribution >= 0.6 is 23.2 Å². The van der Waals surface area contributed by atoms with Crippen LogP contribution in [0.1, 0.15) is 10.4 Å². The van der Waals surface area contributed by atoms with Crippen LogP contribution in [0.5, 0.6) is 0 Å². The van der Waals surface area contributed by atoms with Gasteiger partial charge in [-0.3, -0.25) is 4.79 Å². The molecule has 6 heteroatoms. The number of amides is 1. The van der Waals surface area contributed by atoms with Crippen molar-refractivity contribution in [2.75, 3.05) is 25.0 Å². The molecule has 2 rings (SSSR count). The number of benzene rings is 1. The van der Waals surface area contributed by atoms with Crippen LogP contribution in [-0.2, 0) is 0 Å². The topological polar surface area (TPSA) is 45.2 Å². The third-order valence-electron chi connectivity index (χ3n) is 2.99. The van der Waals surface area contributed by atoms with Gasteiger partial charge in [0.25, 0.3) is 5.91 Å². The second-order valence-corrected chi connectivity index (χ2v) is 5.27. The zero-order chi connectivity index (χ0) is 15.2. The Morgan fingerprint density at radius 2 is 2.00 bits per heavy atom. The largest absolute Gasteiger partial charge is 0.373 e. The van der Waals surface area contributed by atoms with Gasteiger partial charge >= 0.3 is 0 Å². The number of anilines is 1. The first-order valence-corrected chi connectivity index (χ1v) is 7.19. The summed E-state index contributed by atoms with van der Waals surface area (Å²) >= 11 is 11.6. The summed E-state index contributed by atoms with van der Waals surface area (Å²) in [6.45, 7) is 1.22. The van der Waals surface area contributed by atoms with E-state index in [1.54, 1.807) is 0 Å². The quantitative estimate of drug-likeness (QED) is 0.859. The van der Waals surface area contributed by atoms with Gasteiger partial charge in [-0.25, -0.2) is 4.98 Å². The van der Waals surface area contributed by atoms with E-state index in [-0.39, 0.29) is 16.1 Å². The van der Waals surface area contributed by atoms with Crippen LogP contribution < -0.4 is 10.2 Å². The average molecular weight is 324 g/mol. The average Bonchev–Trinajstić information content (AvgIpc) is 2.50. The predicted octanol–water partition coefficient (Wildman–Crippen LogP) is 3.25. The first kappa shape index (κ1) is 15.6. The van der Waals surface area contributed by atoms with Crippen molar-refractivity contribution in [3.63, 3.8) is 0 Å². The fraction of sp³-hybridized carbons (Fsp3) is 0.200. The van der Waals surface area contributed by atoms with Crippen molar-refractivity contribution < 1.29 is 4.79 Å². The number of carbonyl (C=O) groups excluding carboxylic acids is 1. The maximum Gasteiger partial charge on any atom is 0.252 e. The summed E-state index contributed by atoms with van der Waals surface area (Å²) in [6, 6.07) is 11.5. The summed E-state index contributed by atoms with van der Waals surface area (Å²) in [5, 5.41) is 3.28. The summed E-state index contributed by atoms with van der Waals surface area (Å²) in [7, 11) is 1.97. The molecule has 1 aromatic carbocycles. The first-order valence-electron chi connectivity index (χ1n) is 6.43. The maximum atomic E-state index is 12.0. The Bertz CT molecular complexity index is 620. The Morgan fingerprint density at radius 1 is 1.29 bits per heavy atom. The number of rotatable bonds is 5. The number of para-hydroxylation sites is 1. The lowest BCUT2D eigenvalue weighted by Gasteiger charge is -2.19. The summed E-state index contributed by atoms with van der Waals surface area (Å²) in [5.74, 6) is -0.220. The normalized spacial score (nSPS) is 10.2. The molecule has 0 bridgehead atoms. The smallest absolute Gasteiger partial charge is 0.252 e. The van der Waals surface area contributed by atoms with Crippen molar-refractivity contribution in [3.8, 4) is 0 Å². The third-order valence-corrected chi connectivity index (χ3v) is 3.67. The fourth-order valence-corrected chi connectivity index (χ4v) is 2.07. The highest BCUT2D eigenvalue weighted by Gasteiger charge is 2.09. The molecule has 4 nitrogen and oxygen atoms in total. The van der Waals surface area contributed by atoms with Crippen molar-refractivity contribution in [3.05, 3.63) is 58.3 Å². The predicted molar refractivity (Wildman–Crippen MR) is 86.3 cm³/mol. The fourth-order valence-electron chi connectivity index (χ4n) is 1.80. The Labute approximate surface area is 133 Å². The van der Waals surface area contributed by atoms with Crippen molar-refractivity contribution in [2.24, 2.45) is 0 Å². The lowest BCUT2D eigenvalue weighted by molar-refractivity contribution is 0.0954. The minimum atomic E-state index is -0.220. The number of halogens is 2. The third kappa shape index (κ3) is 4.34. The van der Waals surface area contributed by atoms with Gasteiger partial charge in [-0.15, -0.1) is 0 Å². The molecular weight excluding hydrogens is 309 g/mol. The van der Waals surface area contributed by atoms with Crippen LogP contribution in [0, 0.1) is 0 Å². The highest BCUT2D eigenvalue weighted by Crippen LogP contribution is 2.19. The molecule has 0 aliphatic heterocycles. The molecule has 0 atom stereocenters. The van der Waals surface area contributed by atoms with E-state index in [0.717, 1.165) is 5.69 Å². The number of hydrogen-bond donors (Lipinski definition) is 1. The summed E-state index contributed by atoms with van der Waals surface area (Å²) in [5.41, 5.74) is 1.50. The van der Waals surface area contributed by atoms with Gasteiger partial charge < -0.3 is 10.2 Å². The summed E-state index contributed by atoms with van der Waals surface area (Å²) < 4.78 is 0. The Balaban J connectivity index is 1.85. The number of likely N-dealkylation sites (N-methyl/N-ethyl adjacent to an activating group) is 1. The van der Waals surface area contributed by atoms with Gasteiger partial charge in [-0.05, 0) is 18.2 Å². The molecule has 0 unspecified atom stereocenters. The van der Waals surface area contributed by atoms with Gasteiger partial charge in [0, 0.05) is 32.0 Å². The van der Waals surface area contributed by atoms with E-state index >= 15 is 0 Å². The van der Waals surface area contributed by atoms with Crippen LogP contribution in [0.3, 0.4) is 0 Å². The van der Waals surface area contributed by atoms with E-state index in [4.69, 9.17) is 23.2 Å².